The van der Waals surface area contributed by atoms with Crippen LogP contribution in [0.15, 0.2) is 17.0 Å². The van der Waals surface area contributed by atoms with Crippen LogP contribution in [0.1, 0.15) is 5.56 Å². The highest BCUT2D eigenvalue weighted by Crippen LogP contribution is 2.33. The molecule has 0 amide bonds. The molecule has 90 valence electrons. The Morgan fingerprint density at radius 2 is 2.12 bits per heavy atom. The van der Waals surface area contributed by atoms with Gasteiger partial charge < -0.3 is 9.94 Å². The molecule has 0 unspecified atom stereocenters. The number of hydroxylamine groups is 1. The highest BCUT2D eigenvalue weighted by Gasteiger charge is 2.18. The van der Waals surface area contributed by atoms with Crippen LogP contribution in [-0.4, -0.2) is 27.0 Å². The summed E-state index contributed by atoms with van der Waals surface area (Å²) in [5, 5.41) is 8.75. The number of hydrogen-bond donors (Lipinski definition) is 2. The summed E-state index contributed by atoms with van der Waals surface area (Å²) in [6.07, 6.45) is 1.07. The summed E-state index contributed by atoms with van der Waals surface area (Å²) < 4.78 is 27.9. The van der Waals surface area contributed by atoms with Crippen molar-refractivity contribution in [1.29, 1.82) is 0 Å². The van der Waals surface area contributed by atoms with Crippen molar-refractivity contribution in [1.82, 2.24) is 5.48 Å². The lowest BCUT2D eigenvalue weighted by Gasteiger charge is -2.11. The number of ether oxygens (including phenoxy) is 1. The van der Waals surface area contributed by atoms with Gasteiger partial charge in [0.15, 0.2) is 15.6 Å². The zero-order chi connectivity index (χ0) is 12.3. The van der Waals surface area contributed by atoms with Gasteiger partial charge in [0.2, 0.25) is 0 Å². The van der Waals surface area contributed by atoms with Gasteiger partial charge in [-0.25, -0.2) is 13.9 Å². The quantitative estimate of drug-likeness (QED) is 0.801. The van der Waals surface area contributed by atoms with E-state index in [9.17, 15) is 8.42 Å². The first kappa shape index (κ1) is 13.2. The molecule has 1 rings (SSSR count). The average Bonchev–Trinajstić information content (AvgIpc) is 2.16. The van der Waals surface area contributed by atoms with Crippen LogP contribution in [0.25, 0.3) is 0 Å². The number of nitrogens with one attached hydrogen (secondary N) is 1. The second-order valence-electron chi connectivity index (χ2n) is 3.22. The molecule has 0 aliphatic carbocycles. The van der Waals surface area contributed by atoms with Crippen LogP contribution >= 0.6 is 11.6 Å². The van der Waals surface area contributed by atoms with Gasteiger partial charge >= 0.3 is 0 Å². The minimum Gasteiger partial charge on any atom is -0.494 e. The Labute approximate surface area is 98.9 Å². The van der Waals surface area contributed by atoms with Crippen molar-refractivity contribution in [3.05, 3.63) is 22.7 Å². The predicted octanol–water partition coefficient (Wildman–Crippen LogP) is 1.23. The van der Waals surface area contributed by atoms with E-state index in [0.29, 0.717) is 5.56 Å². The van der Waals surface area contributed by atoms with E-state index in [1.54, 1.807) is 0 Å². The van der Waals surface area contributed by atoms with Crippen LogP contribution < -0.4 is 10.2 Å². The van der Waals surface area contributed by atoms with E-state index in [1.165, 1.54) is 19.2 Å². The summed E-state index contributed by atoms with van der Waals surface area (Å²) in [7, 11) is -2.08. The SMILES string of the molecule is COc1c(Cl)cc(CNO)cc1S(C)(=O)=O. The maximum atomic E-state index is 11.5. The first-order chi connectivity index (χ1) is 7.40. The van der Waals surface area contributed by atoms with Crippen molar-refractivity contribution in [2.75, 3.05) is 13.4 Å². The predicted molar refractivity (Wildman–Crippen MR) is 59.7 cm³/mol. The minimum absolute atomic E-state index is 0.00718. The van der Waals surface area contributed by atoms with Crippen molar-refractivity contribution in [2.24, 2.45) is 0 Å². The van der Waals surface area contributed by atoms with Crippen molar-refractivity contribution in [3.8, 4) is 5.75 Å². The van der Waals surface area contributed by atoms with Crippen LogP contribution in [0.4, 0.5) is 0 Å². The van der Waals surface area contributed by atoms with E-state index in [2.05, 4.69) is 0 Å². The lowest BCUT2D eigenvalue weighted by molar-refractivity contribution is 0.161. The molecule has 0 aromatic heterocycles. The molecule has 16 heavy (non-hydrogen) atoms. The zero-order valence-electron chi connectivity index (χ0n) is 8.82. The van der Waals surface area contributed by atoms with Gasteiger partial charge in [0.05, 0.1) is 12.1 Å². The Hall–Kier alpha value is -0.820. The zero-order valence-corrected chi connectivity index (χ0v) is 10.4. The third-order valence-corrected chi connectivity index (χ3v) is 3.34. The molecule has 1 aromatic rings. The maximum Gasteiger partial charge on any atom is 0.179 e. The second kappa shape index (κ2) is 5.01. The Balaban J connectivity index is 3.43. The van der Waals surface area contributed by atoms with E-state index < -0.39 is 9.84 Å². The first-order valence-electron chi connectivity index (χ1n) is 4.33. The molecule has 0 aliphatic heterocycles. The van der Waals surface area contributed by atoms with Gasteiger partial charge in [0.1, 0.15) is 4.90 Å². The maximum absolute atomic E-state index is 11.5. The molecule has 0 fully saturated rings. The largest absolute Gasteiger partial charge is 0.494 e. The van der Waals surface area contributed by atoms with E-state index in [-0.39, 0.29) is 22.2 Å². The molecule has 0 spiro atoms. The molecular formula is C9H12ClNO4S. The Kier molecular flexibility index (Phi) is 4.15. The van der Waals surface area contributed by atoms with E-state index in [0.717, 1.165) is 6.26 Å². The van der Waals surface area contributed by atoms with Gasteiger partial charge in [-0.15, -0.1) is 0 Å². The first-order valence-corrected chi connectivity index (χ1v) is 6.60. The normalized spacial score (nSPS) is 11.5. The average molecular weight is 266 g/mol. The number of sulfone groups is 1. The topological polar surface area (TPSA) is 75.6 Å². The van der Waals surface area contributed by atoms with Crippen molar-refractivity contribution < 1.29 is 18.4 Å². The molecule has 0 atom stereocenters. The Bertz CT molecular complexity index is 487. The molecule has 1 aromatic carbocycles. The second-order valence-corrected chi connectivity index (χ2v) is 5.61. The Morgan fingerprint density at radius 3 is 2.56 bits per heavy atom. The molecule has 2 N–H and O–H groups in total. The summed E-state index contributed by atoms with van der Waals surface area (Å²) in [5.74, 6) is 0.117. The molecule has 0 aliphatic rings. The smallest absolute Gasteiger partial charge is 0.179 e. The highest BCUT2D eigenvalue weighted by atomic mass is 35.5. The molecule has 0 radical (unpaired) electrons. The number of methoxy groups -OCH3 is 1. The molecule has 0 bridgehead atoms. The van der Waals surface area contributed by atoms with Gasteiger partial charge in [-0.2, -0.15) is 0 Å². The standard InChI is InChI=1S/C9H12ClNO4S/c1-15-9-7(10)3-6(5-11-12)4-8(9)16(2,13)14/h3-4,11-12H,5H2,1-2H3. The molecule has 0 saturated heterocycles. The third kappa shape index (κ3) is 2.85. The summed E-state index contributed by atoms with van der Waals surface area (Å²) in [4.78, 5) is 0.00718. The monoisotopic (exact) mass is 265 g/mol. The van der Waals surface area contributed by atoms with Gasteiger partial charge in [-0.3, -0.25) is 0 Å². The molecular weight excluding hydrogens is 254 g/mol. The van der Waals surface area contributed by atoms with Crippen molar-refractivity contribution in [3.63, 3.8) is 0 Å². The summed E-state index contributed by atoms with van der Waals surface area (Å²) >= 11 is 5.88. The number of rotatable bonds is 4. The number of hydrogen-bond acceptors (Lipinski definition) is 5. The molecule has 0 saturated carbocycles. The minimum atomic E-state index is -3.43. The van der Waals surface area contributed by atoms with Crippen molar-refractivity contribution in [2.45, 2.75) is 11.4 Å². The molecule has 5 nitrogen and oxygen atoms in total. The van der Waals surface area contributed by atoms with Gasteiger partial charge in [0.25, 0.3) is 0 Å². The van der Waals surface area contributed by atoms with E-state index >= 15 is 0 Å². The van der Waals surface area contributed by atoms with Gasteiger partial charge in [0, 0.05) is 12.8 Å². The summed E-state index contributed by atoms with van der Waals surface area (Å²) in [6.45, 7) is 0.103. The number of benzene rings is 1. The van der Waals surface area contributed by atoms with Gasteiger partial charge in [-0.1, -0.05) is 11.6 Å². The summed E-state index contributed by atoms with van der Waals surface area (Å²) in [5.41, 5.74) is 2.48. The van der Waals surface area contributed by atoms with Crippen LogP contribution in [-0.2, 0) is 16.4 Å². The molecule has 7 heteroatoms. The van der Waals surface area contributed by atoms with Crippen molar-refractivity contribution >= 4 is 21.4 Å². The number of halogens is 1. The fourth-order valence-electron chi connectivity index (χ4n) is 1.29. The van der Waals surface area contributed by atoms with Crippen LogP contribution in [0.2, 0.25) is 5.02 Å². The third-order valence-electron chi connectivity index (χ3n) is 1.96. The fraction of sp³-hybridized carbons (Fsp3) is 0.333. The lowest BCUT2D eigenvalue weighted by Crippen LogP contribution is -2.08. The van der Waals surface area contributed by atoms with Crippen LogP contribution in [0.3, 0.4) is 0 Å². The summed E-state index contributed by atoms with van der Waals surface area (Å²) in [6, 6.07) is 2.93. The van der Waals surface area contributed by atoms with Crippen LogP contribution in [0.5, 0.6) is 5.75 Å². The Morgan fingerprint density at radius 1 is 1.50 bits per heavy atom. The van der Waals surface area contributed by atoms with E-state index in [1.807, 2.05) is 5.48 Å². The molecule has 0 heterocycles. The van der Waals surface area contributed by atoms with Crippen LogP contribution in [0, 0.1) is 0 Å². The van der Waals surface area contributed by atoms with Gasteiger partial charge in [-0.05, 0) is 17.7 Å². The lowest BCUT2D eigenvalue weighted by atomic mass is 10.2. The fourth-order valence-corrected chi connectivity index (χ4v) is 2.56. The highest BCUT2D eigenvalue weighted by molar-refractivity contribution is 7.90. The van der Waals surface area contributed by atoms with E-state index in [4.69, 9.17) is 21.5 Å².